The third kappa shape index (κ3) is 24.0. The van der Waals surface area contributed by atoms with Crippen LogP contribution in [-0.4, -0.2) is 224 Å². The molecule has 14 aliphatic carbocycles. The van der Waals surface area contributed by atoms with E-state index in [1.807, 2.05) is 0 Å². The topological polar surface area (TPSA) is 589 Å². The van der Waals surface area contributed by atoms with Crippen LogP contribution in [0.4, 0.5) is 0 Å². The van der Waals surface area contributed by atoms with Crippen LogP contribution in [0.15, 0.2) is 76.4 Å². The first-order valence-electron chi connectivity index (χ1n) is 52.8. The van der Waals surface area contributed by atoms with Gasteiger partial charge in [0.25, 0.3) is 10.1 Å². The predicted octanol–water partition coefficient (Wildman–Crippen LogP) is 23.7. The molecule has 14 saturated carbocycles. The summed E-state index contributed by atoms with van der Waals surface area (Å²) in [5.74, 6) is 6.11. The molecule has 1 aromatic rings. The number of nitrogens with zero attached hydrogens (tertiary/aromatic N) is 28. The first kappa shape index (κ1) is 111. The minimum atomic E-state index is -3.61. The molecule has 1 N–H and O–H groups in total. The summed E-state index contributed by atoms with van der Waals surface area (Å²) in [5, 5.41) is 43.2. The van der Waals surface area contributed by atoms with E-state index in [1.54, 1.807) is 0 Å². The van der Waals surface area contributed by atoms with E-state index in [9.17, 15) is 13.5 Å². The molecule has 0 bridgehead atoms. The number of aliphatic hydroxyl groups excluding tert-OH is 1. The van der Waals surface area contributed by atoms with Crippen molar-refractivity contribution in [3.63, 3.8) is 0 Å². The Labute approximate surface area is 832 Å². The van der Waals surface area contributed by atoms with E-state index in [-0.39, 0.29) is 142 Å². The number of hydrogen-bond donors (Lipinski definition) is 1. The van der Waals surface area contributed by atoms with Crippen molar-refractivity contribution in [3.05, 3.63) is 130 Å². The molecule has 15 rings (SSSR count). The number of hydrogen-bond acceptors (Lipinski definition) is 23. The monoisotopic (exact) mass is 1980 g/mol. The quantitative estimate of drug-likeness (QED) is 0.0208. The Kier molecular flexibility index (Phi) is 39.4. The molecule has 0 amide bonds. The number of fused-ring (bicyclic) bond motifs is 15. The number of aliphatic hydroxyl groups is 1. The Hall–Kier alpha value is -7.52. The van der Waals surface area contributed by atoms with Gasteiger partial charge in [-0.2, -0.15) is 8.42 Å². The van der Waals surface area contributed by atoms with Crippen LogP contribution in [0.5, 0.6) is 0 Å². The Balaban J connectivity index is 0.000000179. The molecule has 0 radical (unpaired) electrons. The molecule has 35 atom stereocenters. The minimum Gasteiger partial charge on any atom is -0.396 e. The molecule has 1 aromatic carbocycles. The van der Waals surface area contributed by atoms with Gasteiger partial charge in [0.15, 0.2) is 0 Å². The van der Waals surface area contributed by atoms with Crippen LogP contribution < -0.4 is 0 Å². The summed E-state index contributed by atoms with van der Waals surface area (Å²) in [4.78, 5) is 28.9. The molecular formula is C99H160N28O13S. The summed E-state index contributed by atoms with van der Waals surface area (Å²) in [6, 6.07) is 11.3. The maximum atomic E-state index is 12.3. The van der Waals surface area contributed by atoms with Gasteiger partial charge in [-0.1, -0.05) is 139 Å². The average Bonchev–Trinajstić information content (AvgIpc) is 1.59. The fraction of sp³-hybridized carbons (Fsp3) is 0.939. The zero-order valence-electron chi connectivity index (χ0n) is 85.5. The maximum absolute atomic E-state index is 12.3. The van der Waals surface area contributed by atoms with Gasteiger partial charge in [-0.05, 0) is 358 Å². The first-order valence-corrected chi connectivity index (χ1v) is 54.6. The fourth-order valence-electron chi connectivity index (χ4n) is 33.7. The van der Waals surface area contributed by atoms with Gasteiger partial charge < -0.3 is 47.7 Å². The second-order valence-electron chi connectivity index (χ2n) is 45.8. The van der Waals surface area contributed by atoms with E-state index < -0.39 is 10.1 Å². The molecule has 141 heavy (non-hydrogen) atoms. The molecule has 0 spiro atoms. The highest BCUT2D eigenvalue weighted by Gasteiger charge is 2.74. The van der Waals surface area contributed by atoms with Crippen molar-refractivity contribution in [2.24, 2.45) is 184 Å². The van der Waals surface area contributed by atoms with Crippen LogP contribution in [0.1, 0.15) is 241 Å². The molecular weight excluding hydrogens is 1820 g/mol. The van der Waals surface area contributed by atoms with Crippen LogP contribution in [-0.2, 0) is 63.5 Å². The highest BCUT2D eigenvalue weighted by atomic mass is 32.2. The van der Waals surface area contributed by atoms with Gasteiger partial charge in [0.1, 0.15) is 0 Å². The molecule has 0 aromatic heterocycles. The Bertz CT molecular complexity index is 4860. The van der Waals surface area contributed by atoms with Gasteiger partial charge in [0, 0.05) is 139 Å². The van der Waals surface area contributed by atoms with Crippen LogP contribution in [0.25, 0.3) is 94.0 Å². The second kappa shape index (κ2) is 50.3. The zero-order valence-corrected chi connectivity index (χ0v) is 86.3. The third-order valence-electron chi connectivity index (χ3n) is 40.0. The molecule has 14 fully saturated rings. The maximum Gasteiger partial charge on any atom is 0.264 e. The Morgan fingerprint density at radius 2 is 0.695 bits per heavy atom. The third-order valence-corrected chi connectivity index (χ3v) is 40.6. The molecule has 0 aliphatic heterocycles. The number of benzene rings is 1. The number of ether oxygens (including phenoxy) is 9. The summed E-state index contributed by atoms with van der Waals surface area (Å²) >= 11 is 0. The zero-order chi connectivity index (χ0) is 101. The van der Waals surface area contributed by atoms with Gasteiger partial charge in [-0.15, -0.1) is 0 Å². The van der Waals surface area contributed by atoms with E-state index in [4.69, 9.17) is 96.6 Å². The van der Waals surface area contributed by atoms with Crippen LogP contribution in [0.3, 0.4) is 0 Å². The van der Waals surface area contributed by atoms with Crippen molar-refractivity contribution in [3.8, 4) is 0 Å². The largest absolute Gasteiger partial charge is 0.396 e. The lowest BCUT2D eigenvalue weighted by Crippen LogP contribution is -2.66. The molecule has 41 nitrogen and oxygen atoms in total. The summed E-state index contributed by atoms with van der Waals surface area (Å²) in [6.45, 7) is 29.6. The number of azide groups is 9. The van der Waals surface area contributed by atoms with Crippen LogP contribution >= 0.6 is 0 Å². The van der Waals surface area contributed by atoms with Crippen molar-refractivity contribution in [2.75, 3.05) is 138 Å². The summed E-state index contributed by atoms with van der Waals surface area (Å²) in [5.41, 5.74) is 80.7. The van der Waals surface area contributed by atoms with Gasteiger partial charge in [0.05, 0.1) is 127 Å². The summed E-state index contributed by atoms with van der Waals surface area (Å²) < 4.78 is 89.5. The van der Waals surface area contributed by atoms with Crippen LogP contribution in [0, 0.1) is 138 Å². The number of rotatable bonds is 47. The van der Waals surface area contributed by atoms with E-state index in [2.05, 4.69) is 195 Å². The lowest BCUT2D eigenvalue weighted by molar-refractivity contribution is -0.238. The highest BCUT2D eigenvalue weighted by molar-refractivity contribution is 7.86. The van der Waals surface area contributed by atoms with Crippen molar-refractivity contribution < 1.29 is 60.3 Å². The molecule has 14 aliphatic rings. The second-order valence-corrected chi connectivity index (χ2v) is 47.4. The molecule has 0 heterocycles. The smallest absolute Gasteiger partial charge is 0.264 e. The van der Waals surface area contributed by atoms with E-state index >= 15 is 0 Å². The van der Waals surface area contributed by atoms with Crippen molar-refractivity contribution in [1.82, 2.24) is 4.90 Å². The lowest BCUT2D eigenvalue weighted by Gasteiger charge is -2.66. The van der Waals surface area contributed by atoms with Crippen molar-refractivity contribution >= 4 is 10.1 Å². The van der Waals surface area contributed by atoms with Crippen molar-refractivity contribution in [1.29, 1.82) is 0 Å². The predicted molar refractivity (Wildman–Crippen MR) is 533 cm³/mol. The van der Waals surface area contributed by atoms with Crippen LogP contribution in [0.2, 0.25) is 0 Å². The minimum absolute atomic E-state index is 0.0293. The van der Waals surface area contributed by atoms with Gasteiger partial charge in [-0.25, -0.2) is 0 Å². The van der Waals surface area contributed by atoms with E-state index in [0.717, 1.165) is 160 Å². The summed E-state index contributed by atoms with van der Waals surface area (Å²) in [7, 11) is -1.30. The fourth-order valence-corrected chi connectivity index (χ4v) is 34.4. The standard InChI is InChI=1S/C38H58N10O3.C31H51N9O6S.C30H51N9O4/c1-36-14-12-28(49-19-16-42-45-39)22-27(36)23-31(50-20-17-43-46-40)35-29-10-11-32(38(29,3)34(24-30(35)36)51-21-18-44-47-41)37(2)15-13-33(37)48(4)25-26-8-6-5-7-9-26;1-29-9-7-21(43-14-11-35-38-32)17-20(29)18-24(44-15-12-36-39-33)28-22-5-6-25(30(2)10-8-26(30)46-47(4,41)42)31(22,3)27(19-23(28)29)45-16-13-37-40-34;1-20(5-4-13-40)23-6-7-24-28-25(19-27(30(23,24)3)43-16-12-36-39-33)29(2)9-8-22(41-14-10-34-37-31)17-21(29)18-26(28)42-15-11-35-38-32/h5-9,27-35H,10-25H2,1-4H3;20-28H,5-19H2,1-4H3;20-28,40H,4-19H2,1-3H3/t27-,28+,29-,30-,31+,32+,33?,34-,35-,36-,37+,38-;20-,21+,22-,23-,24+,25+,26?,27-,28-,29-,30+,31-;20-,21+,22-,23-,24+,25+,26-,27+,28+,29+,30-/m001/s1. The van der Waals surface area contributed by atoms with E-state index in [1.165, 1.54) is 24.8 Å². The highest BCUT2D eigenvalue weighted by Crippen LogP contribution is 2.76. The SMILES string of the molecule is CN(Cc1ccccc1)C1CC[C@]1(C)[C@H]1CC[C@H]2[C@@H]3[C@H](OCCN=[N+]=[N-])C[C@@H]4C[C@H](OCCN=[N+]=[N-])CC[C@]4(C)[C@H]3C[C@H](OCCN=[N+]=[N-])[C@@]21C.C[C@H](CCCO)[C@H]1CC[C@H]2[C@@H]3[C@H](OCCN=[N+]=[N-])C[C@@H]4C[C@H](OCCN=[N+]=[N-])CC[C@]4(C)[C@H]3C[C@H](OCCN=[N+]=[N-])[C@]12C.C[C@]12CC[C@@H](OCCN=[N+]=[N-])C[C@H]1C[C@@H](OCCN=[N+]=[N-])[C@@H]1[C@@H]2C[C@H](OCCN=[N+]=[N-])[C@@]2(C)[C@H]1CC[C@@H]2[C@@]1(C)CCC1OS(C)(=O)=O. The first-order chi connectivity index (χ1) is 68.0. The normalized spacial score (nSPS) is 40.3. The molecule has 0 saturated heterocycles. The molecule has 780 valence electrons. The van der Waals surface area contributed by atoms with E-state index in [0.29, 0.717) is 195 Å². The molecule has 42 heteroatoms. The van der Waals surface area contributed by atoms with Gasteiger partial charge in [-0.3, -0.25) is 9.08 Å². The lowest BCUT2D eigenvalue weighted by atomic mass is 9.41. The van der Waals surface area contributed by atoms with Crippen molar-refractivity contribution in [2.45, 2.75) is 309 Å². The van der Waals surface area contributed by atoms with Gasteiger partial charge in [0.2, 0.25) is 0 Å². The molecule has 2 unspecified atom stereocenters. The average molecular weight is 1980 g/mol. The van der Waals surface area contributed by atoms with Gasteiger partial charge >= 0.3 is 0 Å². The Morgan fingerprint density at radius 1 is 0.376 bits per heavy atom. The Morgan fingerprint density at radius 3 is 1.02 bits per heavy atom. The summed E-state index contributed by atoms with van der Waals surface area (Å²) in [6.07, 6.45) is 28.1.